The number of rotatable bonds is 1. The van der Waals surface area contributed by atoms with E-state index in [0.717, 1.165) is 18.7 Å². The molecule has 0 saturated carbocycles. The predicted molar refractivity (Wildman–Crippen MR) is 49.0 cm³/mol. The minimum absolute atomic E-state index is 0.624. The largest absolute Gasteiger partial charge is 0.371 e. The van der Waals surface area contributed by atoms with Crippen LogP contribution in [0.4, 0.5) is 5.69 Å². The maximum absolute atomic E-state index is 9.75. The Morgan fingerprint density at radius 1 is 1.33 bits per heavy atom. The van der Waals surface area contributed by atoms with Crippen molar-refractivity contribution < 1.29 is 5.11 Å². The standard InChI is InChI=1S/C10H13NO/c1-10(12)7-8-11(10)9-5-3-2-4-6-9/h2-6,12H,7-8H2,1H3. The molecule has 64 valence electrons. The Hall–Kier alpha value is -1.02. The van der Waals surface area contributed by atoms with Crippen LogP contribution in [0.5, 0.6) is 0 Å². The lowest BCUT2D eigenvalue weighted by Crippen LogP contribution is -2.58. The second kappa shape index (κ2) is 2.49. The summed E-state index contributed by atoms with van der Waals surface area (Å²) >= 11 is 0. The molecule has 0 spiro atoms. The van der Waals surface area contributed by atoms with Crippen LogP contribution in [0.25, 0.3) is 0 Å². The molecule has 1 aliphatic rings. The van der Waals surface area contributed by atoms with Crippen LogP contribution in [0.2, 0.25) is 0 Å². The fourth-order valence-electron chi connectivity index (χ4n) is 1.56. The van der Waals surface area contributed by atoms with Gasteiger partial charge in [0.05, 0.1) is 0 Å². The van der Waals surface area contributed by atoms with E-state index < -0.39 is 5.72 Å². The van der Waals surface area contributed by atoms with E-state index in [2.05, 4.69) is 0 Å². The smallest absolute Gasteiger partial charge is 0.136 e. The van der Waals surface area contributed by atoms with Gasteiger partial charge in [0.15, 0.2) is 0 Å². The van der Waals surface area contributed by atoms with E-state index in [0.29, 0.717) is 0 Å². The molecule has 0 amide bonds. The monoisotopic (exact) mass is 163 g/mol. The zero-order valence-electron chi connectivity index (χ0n) is 7.20. The van der Waals surface area contributed by atoms with E-state index in [9.17, 15) is 5.11 Å². The minimum atomic E-state index is -0.624. The highest BCUT2D eigenvalue weighted by atomic mass is 16.3. The van der Waals surface area contributed by atoms with Crippen molar-refractivity contribution in [3.05, 3.63) is 30.3 Å². The summed E-state index contributed by atoms with van der Waals surface area (Å²) in [5, 5.41) is 9.75. The van der Waals surface area contributed by atoms with E-state index >= 15 is 0 Å². The van der Waals surface area contributed by atoms with Gasteiger partial charge in [-0.3, -0.25) is 0 Å². The van der Waals surface area contributed by atoms with Gasteiger partial charge in [0.2, 0.25) is 0 Å². The van der Waals surface area contributed by atoms with Gasteiger partial charge >= 0.3 is 0 Å². The molecule has 1 saturated heterocycles. The van der Waals surface area contributed by atoms with Gasteiger partial charge in [-0.25, -0.2) is 0 Å². The normalized spacial score (nSPS) is 28.3. The minimum Gasteiger partial charge on any atom is -0.371 e. The first-order valence-electron chi connectivity index (χ1n) is 4.25. The van der Waals surface area contributed by atoms with E-state index in [1.54, 1.807) is 0 Å². The van der Waals surface area contributed by atoms with Crippen molar-refractivity contribution in [1.29, 1.82) is 0 Å². The Morgan fingerprint density at radius 2 is 2.00 bits per heavy atom. The highest BCUT2D eigenvalue weighted by Gasteiger charge is 2.37. The van der Waals surface area contributed by atoms with Crippen molar-refractivity contribution in [2.75, 3.05) is 11.4 Å². The van der Waals surface area contributed by atoms with E-state index in [1.807, 2.05) is 42.2 Å². The second-order valence-corrected chi connectivity index (χ2v) is 3.45. The van der Waals surface area contributed by atoms with Gasteiger partial charge in [0.1, 0.15) is 5.72 Å². The molecule has 1 heterocycles. The summed E-state index contributed by atoms with van der Waals surface area (Å²) in [7, 11) is 0. The molecular formula is C10H13NO. The molecule has 1 N–H and O–H groups in total. The summed E-state index contributed by atoms with van der Waals surface area (Å²) in [6.07, 6.45) is 0.863. The zero-order valence-corrected chi connectivity index (χ0v) is 7.20. The van der Waals surface area contributed by atoms with Gasteiger partial charge in [0, 0.05) is 18.7 Å². The molecule has 0 radical (unpaired) electrons. The molecule has 2 nitrogen and oxygen atoms in total. The molecular weight excluding hydrogens is 150 g/mol. The molecule has 0 aromatic heterocycles. The van der Waals surface area contributed by atoms with E-state index in [-0.39, 0.29) is 0 Å². The van der Waals surface area contributed by atoms with Crippen LogP contribution in [0.1, 0.15) is 13.3 Å². The lowest BCUT2D eigenvalue weighted by molar-refractivity contribution is 0.00268. The first-order chi connectivity index (χ1) is 5.70. The summed E-state index contributed by atoms with van der Waals surface area (Å²) in [6, 6.07) is 10.0. The maximum Gasteiger partial charge on any atom is 0.136 e. The summed E-state index contributed by atoms with van der Waals surface area (Å²) in [5.74, 6) is 0. The van der Waals surface area contributed by atoms with Gasteiger partial charge in [-0.05, 0) is 19.1 Å². The van der Waals surface area contributed by atoms with Gasteiger partial charge in [-0.1, -0.05) is 18.2 Å². The molecule has 0 aliphatic carbocycles. The fraction of sp³-hybridized carbons (Fsp3) is 0.400. The Kier molecular flexibility index (Phi) is 1.58. The number of para-hydroxylation sites is 1. The topological polar surface area (TPSA) is 23.5 Å². The number of nitrogens with zero attached hydrogens (tertiary/aromatic N) is 1. The Balaban J connectivity index is 2.22. The number of benzene rings is 1. The molecule has 1 aromatic carbocycles. The Morgan fingerprint density at radius 3 is 2.42 bits per heavy atom. The van der Waals surface area contributed by atoms with Gasteiger partial charge < -0.3 is 10.0 Å². The molecule has 12 heavy (non-hydrogen) atoms. The number of hydrogen-bond acceptors (Lipinski definition) is 2. The molecule has 2 heteroatoms. The first-order valence-corrected chi connectivity index (χ1v) is 4.25. The van der Waals surface area contributed by atoms with Crippen molar-refractivity contribution in [3.63, 3.8) is 0 Å². The highest BCUT2D eigenvalue weighted by Crippen LogP contribution is 2.32. The van der Waals surface area contributed by atoms with Crippen LogP contribution in [0.15, 0.2) is 30.3 Å². The lowest BCUT2D eigenvalue weighted by atomic mass is 9.99. The predicted octanol–water partition coefficient (Wildman–Crippen LogP) is 1.61. The fourth-order valence-corrected chi connectivity index (χ4v) is 1.56. The number of aliphatic hydroxyl groups is 1. The van der Waals surface area contributed by atoms with Crippen LogP contribution in [0, 0.1) is 0 Å². The van der Waals surface area contributed by atoms with Crippen LogP contribution in [-0.2, 0) is 0 Å². The third-order valence-electron chi connectivity index (χ3n) is 2.46. The Labute approximate surface area is 72.4 Å². The Bertz CT molecular complexity index is 268. The summed E-state index contributed by atoms with van der Waals surface area (Å²) in [6.45, 7) is 2.81. The quantitative estimate of drug-likeness (QED) is 0.679. The highest BCUT2D eigenvalue weighted by molar-refractivity contribution is 5.50. The van der Waals surface area contributed by atoms with Crippen LogP contribution < -0.4 is 4.90 Å². The third kappa shape index (κ3) is 1.08. The zero-order chi connectivity index (χ0) is 8.60. The van der Waals surface area contributed by atoms with E-state index in [4.69, 9.17) is 0 Å². The van der Waals surface area contributed by atoms with Crippen LogP contribution >= 0.6 is 0 Å². The van der Waals surface area contributed by atoms with Crippen molar-refractivity contribution in [2.45, 2.75) is 19.1 Å². The van der Waals surface area contributed by atoms with Gasteiger partial charge in [0.25, 0.3) is 0 Å². The molecule has 1 atom stereocenters. The summed E-state index contributed by atoms with van der Waals surface area (Å²) in [5.41, 5.74) is 0.482. The SMILES string of the molecule is CC1(O)CCN1c1ccccc1. The number of anilines is 1. The molecule has 1 unspecified atom stereocenters. The lowest BCUT2D eigenvalue weighted by Gasteiger charge is -2.48. The second-order valence-electron chi connectivity index (χ2n) is 3.45. The number of hydrogen-bond donors (Lipinski definition) is 1. The summed E-state index contributed by atoms with van der Waals surface area (Å²) < 4.78 is 0. The average molecular weight is 163 g/mol. The first kappa shape index (κ1) is 7.62. The molecule has 1 aliphatic heterocycles. The van der Waals surface area contributed by atoms with Gasteiger partial charge in [-0.2, -0.15) is 0 Å². The molecule has 1 aromatic rings. The van der Waals surface area contributed by atoms with Crippen LogP contribution in [-0.4, -0.2) is 17.4 Å². The van der Waals surface area contributed by atoms with Crippen molar-refractivity contribution >= 4 is 5.69 Å². The summed E-state index contributed by atoms with van der Waals surface area (Å²) in [4.78, 5) is 2.01. The van der Waals surface area contributed by atoms with E-state index in [1.165, 1.54) is 0 Å². The van der Waals surface area contributed by atoms with Gasteiger partial charge in [-0.15, -0.1) is 0 Å². The molecule has 2 rings (SSSR count). The van der Waals surface area contributed by atoms with Crippen molar-refractivity contribution in [1.82, 2.24) is 0 Å². The average Bonchev–Trinajstić information content (AvgIpc) is 2.05. The van der Waals surface area contributed by atoms with Crippen molar-refractivity contribution in [3.8, 4) is 0 Å². The molecule has 1 fully saturated rings. The van der Waals surface area contributed by atoms with Crippen LogP contribution in [0.3, 0.4) is 0 Å². The van der Waals surface area contributed by atoms with Crippen molar-refractivity contribution in [2.24, 2.45) is 0 Å². The molecule has 0 bridgehead atoms. The maximum atomic E-state index is 9.75. The third-order valence-corrected chi connectivity index (χ3v) is 2.46.